The smallest absolute Gasteiger partial charge is 0.254 e. The summed E-state index contributed by atoms with van der Waals surface area (Å²) >= 11 is 3.41. The topological polar surface area (TPSA) is 65.8 Å². The Labute approximate surface area is 157 Å². The van der Waals surface area contributed by atoms with E-state index in [2.05, 4.69) is 26.9 Å². The molecular weight excluding hydrogens is 386 g/mol. The molecule has 0 N–H and O–H groups in total. The van der Waals surface area contributed by atoms with Gasteiger partial charge in [-0.25, -0.2) is 0 Å². The van der Waals surface area contributed by atoms with Crippen molar-refractivity contribution in [1.82, 2.24) is 9.80 Å². The molecule has 1 atom stereocenters. The number of carbonyl (C=O) groups excluding carboxylic acids is 1. The number of ether oxygens (including phenoxy) is 2. The van der Waals surface area contributed by atoms with Crippen LogP contribution in [-0.4, -0.2) is 62.1 Å². The minimum atomic E-state index is -0.106. The molecule has 0 aromatic heterocycles. The molecule has 2 rings (SSSR count). The van der Waals surface area contributed by atoms with Crippen LogP contribution >= 0.6 is 15.9 Å². The van der Waals surface area contributed by atoms with Gasteiger partial charge in [0.05, 0.1) is 20.3 Å². The molecule has 1 aliphatic rings. The SMILES string of the molecule is COc1cc(C(=O)N2CCN(C(C#N)C(C)C)CC2)cc(OC)c1Br. The molecule has 1 fully saturated rings. The summed E-state index contributed by atoms with van der Waals surface area (Å²) in [4.78, 5) is 16.8. The van der Waals surface area contributed by atoms with Gasteiger partial charge in [-0.05, 0) is 34.0 Å². The number of methoxy groups -OCH3 is 2. The molecule has 0 bridgehead atoms. The normalized spacial score (nSPS) is 16.4. The Kier molecular flexibility index (Phi) is 6.68. The Morgan fingerprint density at radius 3 is 2.08 bits per heavy atom. The molecule has 136 valence electrons. The maximum Gasteiger partial charge on any atom is 0.254 e. The molecule has 1 saturated heterocycles. The van der Waals surface area contributed by atoms with Crippen molar-refractivity contribution in [2.75, 3.05) is 40.4 Å². The molecule has 0 saturated carbocycles. The fourth-order valence-electron chi connectivity index (χ4n) is 3.03. The van der Waals surface area contributed by atoms with Crippen molar-refractivity contribution in [3.63, 3.8) is 0 Å². The number of amides is 1. The average molecular weight is 410 g/mol. The summed E-state index contributed by atoms with van der Waals surface area (Å²) in [7, 11) is 3.11. The fourth-order valence-corrected chi connectivity index (χ4v) is 3.58. The third-order valence-corrected chi connectivity index (χ3v) is 5.23. The van der Waals surface area contributed by atoms with Crippen LogP contribution in [0.2, 0.25) is 0 Å². The van der Waals surface area contributed by atoms with E-state index in [4.69, 9.17) is 9.47 Å². The van der Waals surface area contributed by atoms with Gasteiger partial charge in [-0.15, -0.1) is 0 Å². The first-order valence-corrected chi connectivity index (χ1v) is 9.06. The van der Waals surface area contributed by atoms with E-state index < -0.39 is 0 Å². The summed E-state index contributed by atoms with van der Waals surface area (Å²) in [5.41, 5.74) is 0.533. The molecular formula is C18H24BrN3O3. The lowest BCUT2D eigenvalue weighted by molar-refractivity contribution is 0.0576. The van der Waals surface area contributed by atoms with Crippen molar-refractivity contribution in [2.24, 2.45) is 5.92 Å². The molecule has 0 radical (unpaired) electrons. The van der Waals surface area contributed by atoms with Crippen LogP contribution in [0.15, 0.2) is 16.6 Å². The van der Waals surface area contributed by atoms with Gasteiger partial charge in [0.2, 0.25) is 0 Å². The third kappa shape index (κ3) is 4.25. The second-order valence-corrected chi connectivity index (χ2v) is 7.13. The number of hydrogen-bond acceptors (Lipinski definition) is 5. The first-order chi connectivity index (χ1) is 11.9. The monoisotopic (exact) mass is 409 g/mol. The Morgan fingerprint density at radius 2 is 1.68 bits per heavy atom. The van der Waals surface area contributed by atoms with Crippen LogP contribution in [0.5, 0.6) is 11.5 Å². The Bertz CT molecular complexity index is 639. The van der Waals surface area contributed by atoms with Gasteiger partial charge >= 0.3 is 0 Å². The fraction of sp³-hybridized carbons (Fsp3) is 0.556. The molecule has 1 aromatic carbocycles. The Balaban J connectivity index is 2.12. The zero-order valence-electron chi connectivity index (χ0n) is 15.1. The van der Waals surface area contributed by atoms with Crippen molar-refractivity contribution in [3.8, 4) is 17.6 Å². The van der Waals surface area contributed by atoms with Crippen LogP contribution in [0.3, 0.4) is 0 Å². The predicted molar refractivity (Wildman–Crippen MR) is 99.0 cm³/mol. The van der Waals surface area contributed by atoms with Gasteiger partial charge < -0.3 is 14.4 Å². The number of halogens is 1. The maximum atomic E-state index is 12.8. The van der Waals surface area contributed by atoms with Crippen molar-refractivity contribution in [2.45, 2.75) is 19.9 Å². The van der Waals surface area contributed by atoms with E-state index in [0.29, 0.717) is 47.7 Å². The summed E-state index contributed by atoms with van der Waals surface area (Å²) < 4.78 is 11.3. The standard InChI is InChI=1S/C18H24BrN3O3/c1-12(2)14(11-20)21-5-7-22(8-6-21)18(23)13-9-15(24-3)17(19)16(10-13)25-4/h9-10,12,14H,5-8H2,1-4H3. The van der Waals surface area contributed by atoms with E-state index in [1.54, 1.807) is 26.4 Å². The van der Waals surface area contributed by atoms with Gasteiger partial charge in [-0.1, -0.05) is 13.8 Å². The highest BCUT2D eigenvalue weighted by molar-refractivity contribution is 9.10. The molecule has 25 heavy (non-hydrogen) atoms. The molecule has 1 aromatic rings. The number of nitrogens with zero attached hydrogens (tertiary/aromatic N) is 3. The van der Waals surface area contributed by atoms with Crippen molar-refractivity contribution in [3.05, 3.63) is 22.2 Å². The van der Waals surface area contributed by atoms with E-state index in [1.165, 1.54) is 0 Å². The molecule has 7 heteroatoms. The number of nitriles is 1. The lowest BCUT2D eigenvalue weighted by atomic mass is 10.0. The summed E-state index contributed by atoms with van der Waals surface area (Å²) in [5, 5.41) is 9.34. The average Bonchev–Trinajstić information content (AvgIpc) is 2.62. The van der Waals surface area contributed by atoms with Gasteiger partial charge in [-0.2, -0.15) is 5.26 Å². The number of carbonyl (C=O) groups is 1. The summed E-state index contributed by atoms with van der Waals surface area (Å²) in [6.07, 6.45) is 0. The first-order valence-electron chi connectivity index (χ1n) is 8.27. The summed E-state index contributed by atoms with van der Waals surface area (Å²) in [6.45, 7) is 6.70. The van der Waals surface area contributed by atoms with Crippen LogP contribution in [0.4, 0.5) is 0 Å². The van der Waals surface area contributed by atoms with Crippen LogP contribution in [0.25, 0.3) is 0 Å². The maximum absolute atomic E-state index is 12.8. The summed E-state index contributed by atoms with van der Waals surface area (Å²) in [5.74, 6) is 1.34. The Hall–Kier alpha value is -1.78. The lowest BCUT2D eigenvalue weighted by Gasteiger charge is -2.38. The molecule has 1 amide bonds. The van der Waals surface area contributed by atoms with E-state index in [9.17, 15) is 10.1 Å². The molecule has 0 aliphatic carbocycles. The van der Waals surface area contributed by atoms with Gasteiger partial charge in [0.15, 0.2) is 0 Å². The van der Waals surface area contributed by atoms with Crippen LogP contribution in [0, 0.1) is 17.2 Å². The highest BCUT2D eigenvalue weighted by atomic mass is 79.9. The summed E-state index contributed by atoms with van der Waals surface area (Å²) in [6, 6.07) is 5.69. The number of hydrogen-bond donors (Lipinski definition) is 0. The van der Waals surface area contributed by atoms with Crippen LogP contribution < -0.4 is 9.47 Å². The van der Waals surface area contributed by atoms with Gasteiger partial charge in [0.25, 0.3) is 5.91 Å². The van der Waals surface area contributed by atoms with Crippen LogP contribution in [0.1, 0.15) is 24.2 Å². The number of benzene rings is 1. The zero-order chi connectivity index (χ0) is 18.6. The van der Waals surface area contributed by atoms with E-state index in [-0.39, 0.29) is 17.9 Å². The molecule has 1 unspecified atom stereocenters. The molecule has 1 aliphatic heterocycles. The van der Waals surface area contributed by atoms with Gasteiger partial charge in [0, 0.05) is 31.7 Å². The molecule has 0 spiro atoms. The van der Waals surface area contributed by atoms with E-state index in [1.807, 2.05) is 18.7 Å². The highest BCUT2D eigenvalue weighted by Gasteiger charge is 2.28. The van der Waals surface area contributed by atoms with Crippen molar-refractivity contribution < 1.29 is 14.3 Å². The second-order valence-electron chi connectivity index (χ2n) is 6.34. The van der Waals surface area contributed by atoms with Crippen molar-refractivity contribution in [1.29, 1.82) is 5.26 Å². The lowest BCUT2D eigenvalue weighted by Crippen LogP contribution is -2.52. The second kappa shape index (κ2) is 8.54. The van der Waals surface area contributed by atoms with Gasteiger partial charge in [0.1, 0.15) is 22.0 Å². The quantitative estimate of drug-likeness (QED) is 0.747. The largest absolute Gasteiger partial charge is 0.495 e. The van der Waals surface area contributed by atoms with Crippen LogP contribution in [-0.2, 0) is 0 Å². The minimum Gasteiger partial charge on any atom is -0.495 e. The van der Waals surface area contributed by atoms with Gasteiger partial charge in [-0.3, -0.25) is 9.69 Å². The molecule has 1 heterocycles. The number of piperazine rings is 1. The molecule has 6 nitrogen and oxygen atoms in total. The van der Waals surface area contributed by atoms with Crippen molar-refractivity contribution >= 4 is 21.8 Å². The van der Waals surface area contributed by atoms with E-state index >= 15 is 0 Å². The predicted octanol–water partition coefficient (Wildman–Crippen LogP) is 2.77. The van der Waals surface area contributed by atoms with E-state index in [0.717, 1.165) is 0 Å². The first kappa shape index (κ1) is 19.5. The highest BCUT2D eigenvalue weighted by Crippen LogP contribution is 2.36. The third-order valence-electron chi connectivity index (χ3n) is 4.45. The minimum absolute atomic E-state index is 0.0539. The zero-order valence-corrected chi connectivity index (χ0v) is 16.7. The Morgan fingerprint density at radius 1 is 1.16 bits per heavy atom. The number of rotatable bonds is 5.